The van der Waals surface area contributed by atoms with Crippen molar-refractivity contribution in [1.82, 2.24) is 14.5 Å². The van der Waals surface area contributed by atoms with Gasteiger partial charge in [0.25, 0.3) is 5.91 Å². The highest BCUT2D eigenvalue weighted by molar-refractivity contribution is 7.89. The first-order valence-corrected chi connectivity index (χ1v) is 13.1. The lowest BCUT2D eigenvalue weighted by Crippen LogP contribution is -2.63. The number of hydrogen-bond acceptors (Lipinski definition) is 4. The molecule has 3 rings (SSSR count). The van der Waals surface area contributed by atoms with E-state index in [-0.39, 0.29) is 56.3 Å². The van der Waals surface area contributed by atoms with Crippen LogP contribution in [-0.2, 0) is 10.0 Å². The van der Waals surface area contributed by atoms with E-state index in [0.717, 1.165) is 5.56 Å². The molecule has 2 aliphatic rings. The molecule has 6 nitrogen and oxygen atoms in total. The summed E-state index contributed by atoms with van der Waals surface area (Å²) < 4.78 is 54.3. The number of piperazine rings is 1. The van der Waals surface area contributed by atoms with Gasteiger partial charge in [0, 0.05) is 51.1 Å². The van der Waals surface area contributed by atoms with E-state index in [4.69, 9.17) is 11.6 Å². The molecule has 1 amide bonds. The summed E-state index contributed by atoms with van der Waals surface area (Å²) in [6.07, 6.45) is 0.534. The Kier molecular flexibility index (Phi) is 9.55. The maximum Gasteiger partial charge on any atom is 0.253 e. The molecule has 1 heterocycles. The van der Waals surface area contributed by atoms with E-state index in [2.05, 4.69) is 10.2 Å². The van der Waals surface area contributed by atoms with Crippen molar-refractivity contribution >= 4 is 39.9 Å². The van der Waals surface area contributed by atoms with Crippen LogP contribution < -0.4 is 5.32 Å². The molecule has 1 aliphatic heterocycles. The fourth-order valence-corrected chi connectivity index (χ4v) is 6.57. The predicted octanol–water partition coefficient (Wildman–Crippen LogP) is 4.11. The van der Waals surface area contributed by atoms with Crippen LogP contribution in [0.4, 0.5) is 8.78 Å². The number of benzene rings is 1. The Labute approximate surface area is 206 Å². The average molecular weight is 528 g/mol. The Morgan fingerprint density at radius 3 is 2.27 bits per heavy atom. The quantitative estimate of drug-likeness (QED) is 0.579. The molecule has 1 aromatic rings. The molecule has 0 radical (unpaired) electrons. The van der Waals surface area contributed by atoms with Crippen LogP contribution in [0.15, 0.2) is 18.2 Å². The van der Waals surface area contributed by atoms with Gasteiger partial charge in [0.2, 0.25) is 15.9 Å². The van der Waals surface area contributed by atoms with Gasteiger partial charge in [-0.2, -0.15) is 4.31 Å². The second kappa shape index (κ2) is 11.2. The molecule has 2 fully saturated rings. The van der Waals surface area contributed by atoms with Crippen LogP contribution in [0.3, 0.4) is 0 Å². The molecule has 0 aromatic heterocycles. The summed E-state index contributed by atoms with van der Waals surface area (Å²) >= 11 is 6.22. The highest BCUT2D eigenvalue weighted by atomic mass is 35.5. The zero-order valence-electron chi connectivity index (χ0n) is 19.1. The van der Waals surface area contributed by atoms with Crippen LogP contribution in [0.1, 0.15) is 54.9 Å². The number of nitrogens with one attached hydrogen (secondary N) is 1. The number of sulfonamides is 1. The van der Waals surface area contributed by atoms with Crippen molar-refractivity contribution in [1.29, 1.82) is 0 Å². The Morgan fingerprint density at radius 2 is 1.73 bits per heavy atom. The molecule has 1 saturated heterocycles. The van der Waals surface area contributed by atoms with E-state index in [1.165, 1.54) is 4.31 Å². The van der Waals surface area contributed by atoms with Gasteiger partial charge in [0.1, 0.15) is 0 Å². The number of alkyl halides is 2. The molecule has 0 unspecified atom stereocenters. The van der Waals surface area contributed by atoms with Crippen LogP contribution >= 0.6 is 24.0 Å². The standard InChI is InChI=1S/C22H32ClF2N3O3S.ClH/c1-3-15-32(30,31)28-13-11-27(12-14-28)21(7-9-22(24,25)10-8-21)16-26-20(29)19-17(2)5-4-6-18(19)23;/h4-6H,3,7-16H2,1-2H3,(H,26,29);1H. The molecule has 1 aromatic carbocycles. The van der Waals surface area contributed by atoms with E-state index in [1.54, 1.807) is 25.1 Å². The lowest BCUT2D eigenvalue weighted by molar-refractivity contribution is -0.0856. The van der Waals surface area contributed by atoms with Crippen LogP contribution in [0, 0.1) is 6.92 Å². The number of amides is 1. The van der Waals surface area contributed by atoms with Crippen LogP contribution in [0.2, 0.25) is 5.02 Å². The predicted molar refractivity (Wildman–Crippen MR) is 129 cm³/mol. The fraction of sp³-hybridized carbons (Fsp3) is 0.682. The third kappa shape index (κ3) is 6.57. The molecule has 1 N–H and O–H groups in total. The molecular formula is C22H33Cl2F2N3O3S. The summed E-state index contributed by atoms with van der Waals surface area (Å²) in [4.78, 5) is 15.0. The second-order valence-corrected chi connectivity index (χ2v) is 11.4. The summed E-state index contributed by atoms with van der Waals surface area (Å²) in [6.45, 7) is 5.41. The molecule has 0 spiro atoms. The third-order valence-electron chi connectivity index (χ3n) is 6.70. The highest BCUT2D eigenvalue weighted by Gasteiger charge is 2.47. The SMILES string of the molecule is CCCS(=O)(=O)N1CCN(C2(CNC(=O)c3c(C)cccc3Cl)CCC(F)(F)CC2)CC1.Cl. The Bertz CT molecular complexity index is 909. The van der Waals surface area contributed by atoms with Gasteiger partial charge < -0.3 is 5.32 Å². The van der Waals surface area contributed by atoms with Crippen LogP contribution in [0.5, 0.6) is 0 Å². The average Bonchev–Trinajstić information content (AvgIpc) is 2.73. The molecule has 0 bridgehead atoms. The van der Waals surface area contributed by atoms with Crippen LogP contribution in [-0.4, -0.2) is 73.5 Å². The number of halogens is 4. The van der Waals surface area contributed by atoms with E-state index < -0.39 is 21.5 Å². The largest absolute Gasteiger partial charge is 0.350 e. The monoisotopic (exact) mass is 527 g/mol. The maximum absolute atomic E-state index is 14.0. The number of carbonyl (C=O) groups excluding carboxylic acids is 1. The van der Waals surface area contributed by atoms with Crippen molar-refractivity contribution in [2.45, 2.75) is 57.4 Å². The lowest BCUT2D eigenvalue weighted by atomic mass is 9.78. The van der Waals surface area contributed by atoms with Crippen molar-refractivity contribution < 1.29 is 22.0 Å². The smallest absolute Gasteiger partial charge is 0.253 e. The minimum Gasteiger partial charge on any atom is -0.350 e. The first-order chi connectivity index (χ1) is 15.0. The zero-order valence-corrected chi connectivity index (χ0v) is 21.5. The molecule has 1 aliphatic carbocycles. The Morgan fingerprint density at radius 1 is 1.12 bits per heavy atom. The first-order valence-electron chi connectivity index (χ1n) is 11.1. The number of nitrogens with zero attached hydrogens (tertiary/aromatic N) is 2. The zero-order chi connectivity index (χ0) is 23.6. The lowest BCUT2D eigenvalue weighted by Gasteiger charge is -2.50. The van der Waals surface area contributed by atoms with Crippen molar-refractivity contribution in [3.05, 3.63) is 34.3 Å². The van der Waals surface area contributed by atoms with E-state index in [9.17, 15) is 22.0 Å². The Hall–Kier alpha value is -1.00. The topological polar surface area (TPSA) is 69.7 Å². The highest BCUT2D eigenvalue weighted by Crippen LogP contribution is 2.42. The summed E-state index contributed by atoms with van der Waals surface area (Å²) in [5.41, 5.74) is 0.502. The van der Waals surface area contributed by atoms with Crippen LogP contribution in [0.25, 0.3) is 0 Å². The van der Waals surface area contributed by atoms with E-state index in [0.29, 0.717) is 43.2 Å². The first kappa shape index (κ1) is 28.2. The van der Waals surface area contributed by atoms with E-state index >= 15 is 0 Å². The van der Waals surface area contributed by atoms with Gasteiger partial charge in [-0.05, 0) is 37.8 Å². The molecule has 1 saturated carbocycles. The summed E-state index contributed by atoms with van der Waals surface area (Å²) in [5.74, 6) is -2.93. The van der Waals surface area contributed by atoms with Crippen molar-refractivity contribution in [2.75, 3.05) is 38.5 Å². The second-order valence-electron chi connectivity index (χ2n) is 8.90. The van der Waals surface area contributed by atoms with E-state index in [1.807, 2.05) is 6.92 Å². The number of rotatable bonds is 7. The maximum atomic E-state index is 14.0. The Balaban J connectivity index is 0.00000385. The third-order valence-corrected chi connectivity index (χ3v) is 9.10. The minimum atomic E-state index is -3.29. The number of aryl methyl sites for hydroxylation is 1. The van der Waals surface area contributed by atoms with Gasteiger partial charge in [-0.3, -0.25) is 9.69 Å². The van der Waals surface area contributed by atoms with Gasteiger partial charge in [-0.15, -0.1) is 12.4 Å². The summed E-state index contributed by atoms with van der Waals surface area (Å²) in [7, 11) is -3.29. The van der Waals surface area contributed by atoms with Crippen molar-refractivity contribution in [3.8, 4) is 0 Å². The van der Waals surface area contributed by atoms with Gasteiger partial charge in [-0.25, -0.2) is 17.2 Å². The molecule has 188 valence electrons. The van der Waals surface area contributed by atoms with Gasteiger partial charge in [0.05, 0.1) is 16.3 Å². The summed E-state index contributed by atoms with van der Waals surface area (Å²) in [5, 5.41) is 3.28. The fourth-order valence-electron chi connectivity index (χ4n) is 4.77. The van der Waals surface area contributed by atoms with Gasteiger partial charge >= 0.3 is 0 Å². The summed E-state index contributed by atoms with van der Waals surface area (Å²) in [6, 6.07) is 5.22. The molecule has 11 heteroatoms. The normalized spacial score (nSPS) is 21.2. The minimum absolute atomic E-state index is 0. The molecule has 33 heavy (non-hydrogen) atoms. The van der Waals surface area contributed by atoms with Gasteiger partial charge in [-0.1, -0.05) is 30.7 Å². The number of carbonyl (C=O) groups is 1. The number of hydrogen-bond donors (Lipinski definition) is 1. The van der Waals surface area contributed by atoms with Gasteiger partial charge in [0.15, 0.2) is 0 Å². The molecular weight excluding hydrogens is 495 g/mol. The van der Waals surface area contributed by atoms with Crippen molar-refractivity contribution in [2.24, 2.45) is 0 Å². The van der Waals surface area contributed by atoms with Crippen molar-refractivity contribution in [3.63, 3.8) is 0 Å². The molecule has 0 atom stereocenters.